The Morgan fingerprint density at radius 3 is 1.94 bits per heavy atom. The van der Waals surface area contributed by atoms with Gasteiger partial charge in [-0.1, -0.05) is 38.1 Å². The van der Waals surface area contributed by atoms with Gasteiger partial charge in [0, 0.05) is 5.39 Å². The van der Waals surface area contributed by atoms with E-state index >= 15 is 0 Å². The van der Waals surface area contributed by atoms with Crippen LogP contribution in [0.2, 0.25) is 0 Å². The molecule has 0 aromatic heterocycles. The van der Waals surface area contributed by atoms with Crippen LogP contribution in [0.4, 0.5) is 11.4 Å². The molecule has 84 valence electrons. The minimum atomic E-state index is 0.727. The van der Waals surface area contributed by atoms with Crippen molar-refractivity contribution in [3.63, 3.8) is 0 Å². The molecule has 2 aromatic carbocycles. The van der Waals surface area contributed by atoms with Gasteiger partial charge >= 0.3 is 0 Å². The van der Waals surface area contributed by atoms with Gasteiger partial charge in [-0.05, 0) is 29.4 Å². The zero-order valence-corrected chi connectivity index (χ0v) is 9.88. The molecule has 2 aromatic rings. The van der Waals surface area contributed by atoms with E-state index in [4.69, 9.17) is 11.5 Å². The highest BCUT2D eigenvalue weighted by molar-refractivity contribution is 6.02. The molecule has 0 saturated carbocycles. The zero-order chi connectivity index (χ0) is 11.7. The van der Waals surface area contributed by atoms with Crippen molar-refractivity contribution in [2.75, 3.05) is 11.5 Å². The number of anilines is 2. The SMILES string of the molecule is CCc1c(N)c(N)c2ccccc2c1CC. The summed E-state index contributed by atoms with van der Waals surface area (Å²) >= 11 is 0. The van der Waals surface area contributed by atoms with Crippen molar-refractivity contribution in [3.05, 3.63) is 35.4 Å². The average Bonchev–Trinajstić information content (AvgIpc) is 2.33. The Labute approximate surface area is 96.3 Å². The van der Waals surface area contributed by atoms with Crippen LogP contribution in [-0.4, -0.2) is 0 Å². The first kappa shape index (κ1) is 10.8. The molecule has 16 heavy (non-hydrogen) atoms. The molecular formula is C14H18N2. The number of hydrogen-bond acceptors (Lipinski definition) is 2. The molecule has 0 bridgehead atoms. The maximum atomic E-state index is 6.11. The van der Waals surface area contributed by atoms with Gasteiger partial charge in [-0.25, -0.2) is 0 Å². The van der Waals surface area contributed by atoms with Gasteiger partial charge in [0.15, 0.2) is 0 Å². The summed E-state index contributed by atoms with van der Waals surface area (Å²) in [7, 11) is 0. The fraction of sp³-hybridized carbons (Fsp3) is 0.286. The van der Waals surface area contributed by atoms with Gasteiger partial charge in [0.05, 0.1) is 11.4 Å². The number of fused-ring (bicyclic) bond motifs is 1. The molecule has 0 unspecified atom stereocenters. The van der Waals surface area contributed by atoms with Gasteiger partial charge in [0.2, 0.25) is 0 Å². The lowest BCUT2D eigenvalue weighted by molar-refractivity contribution is 1.06. The molecule has 0 aliphatic heterocycles. The summed E-state index contributed by atoms with van der Waals surface area (Å²) in [6.07, 6.45) is 1.93. The van der Waals surface area contributed by atoms with Crippen LogP contribution >= 0.6 is 0 Å². The third-order valence-electron chi connectivity index (χ3n) is 3.23. The second kappa shape index (κ2) is 4.05. The normalized spacial score (nSPS) is 10.9. The van der Waals surface area contributed by atoms with Crippen molar-refractivity contribution in [3.8, 4) is 0 Å². The number of aryl methyl sites for hydroxylation is 1. The summed E-state index contributed by atoms with van der Waals surface area (Å²) < 4.78 is 0. The summed E-state index contributed by atoms with van der Waals surface area (Å²) in [5, 5.41) is 2.32. The molecule has 0 spiro atoms. The number of rotatable bonds is 2. The van der Waals surface area contributed by atoms with Crippen LogP contribution in [0.5, 0.6) is 0 Å². The van der Waals surface area contributed by atoms with Gasteiger partial charge < -0.3 is 11.5 Å². The van der Waals surface area contributed by atoms with Gasteiger partial charge in [-0.3, -0.25) is 0 Å². The summed E-state index contributed by atoms with van der Waals surface area (Å²) in [5.74, 6) is 0. The molecule has 0 fully saturated rings. The molecule has 2 nitrogen and oxygen atoms in total. The predicted octanol–water partition coefficient (Wildman–Crippen LogP) is 3.13. The van der Waals surface area contributed by atoms with Crippen molar-refractivity contribution < 1.29 is 0 Å². The van der Waals surface area contributed by atoms with Crippen molar-refractivity contribution in [2.24, 2.45) is 0 Å². The molecule has 0 atom stereocenters. The van der Waals surface area contributed by atoms with Crippen LogP contribution in [0, 0.1) is 0 Å². The van der Waals surface area contributed by atoms with E-state index < -0.39 is 0 Å². The smallest absolute Gasteiger partial charge is 0.0630 e. The fourth-order valence-electron chi connectivity index (χ4n) is 2.42. The quantitative estimate of drug-likeness (QED) is 0.755. The van der Waals surface area contributed by atoms with Gasteiger partial charge in [-0.2, -0.15) is 0 Å². The van der Waals surface area contributed by atoms with E-state index in [1.807, 2.05) is 12.1 Å². The molecule has 2 heteroatoms. The third kappa shape index (κ3) is 1.42. The maximum absolute atomic E-state index is 6.11. The van der Waals surface area contributed by atoms with Gasteiger partial charge in [0.25, 0.3) is 0 Å². The molecule has 4 N–H and O–H groups in total. The lowest BCUT2D eigenvalue weighted by atomic mass is 9.92. The Bertz CT molecular complexity index is 530. The summed E-state index contributed by atoms with van der Waals surface area (Å²) in [6, 6.07) is 8.22. The summed E-state index contributed by atoms with van der Waals surface area (Å²) in [5.41, 5.74) is 16.2. The molecule has 0 saturated heterocycles. The Morgan fingerprint density at radius 1 is 0.812 bits per heavy atom. The Kier molecular flexibility index (Phi) is 2.73. The number of benzene rings is 2. The van der Waals surface area contributed by atoms with Crippen LogP contribution < -0.4 is 11.5 Å². The zero-order valence-electron chi connectivity index (χ0n) is 9.88. The van der Waals surface area contributed by atoms with E-state index in [0.29, 0.717) is 0 Å². The van der Waals surface area contributed by atoms with E-state index in [2.05, 4.69) is 26.0 Å². The van der Waals surface area contributed by atoms with E-state index in [1.165, 1.54) is 16.5 Å². The van der Waals surface area contributed by atoms with Gasteiger partial charge in [0.1, 0.15) is 0 Å². The highest BCUT2D eigenvalue weighted by Gasteiger charge is 2.12. The van der Waals surface area contributed by atoms with E-state index in [1.54, 1.807) is 0 Å². The van der Waals surface area contributed by atoms with Crippen LogP contribution in [-0.2, 0) is 12.8 Å². The maximum Gasteiger partial charge on any atom is 0.0630 e. The van der Waals surface area contributed by atoms with Crippen molar-refractivity contribution in [1.29, 1.82) is 0 Å². The second-order valence-electron chi connectivity index (χ2n) is 4.04. The standard InChI is InChI=1S/C14H18N2/c1-3-9-10(4-2)13(15)14(16)12-8-6-5-7-11(9)12/h5-8H,3-4,15-16H2,1-2H3. The number of nitrogen functional groups attached to an aromatic ring is 2. The highest BCUT2D eigenvalue weighted by atomic mass is 14.7. The first-order chi connectivity index (χ1) is 7.70. The molecule has 0 radical (unpaired) electrons. The average molecular weight is 214 g/mol. The minimum Gasteiger partial charge on any atom is -0.397 e. The molecule has 0 heterocycles. The topological polar surface area (TPSA) is 52.0 Å². The molecule has 0 amide bonds. The van der Waals surface area contributed by atoms with Crippen molar-refractivity contribution in [1.82, 2.24) is 0 Å². The van der Waals surface area contributed by atoms with Crippen LogP contribution in [0.1, 0.15) is 25.0 Å². The monoisotopic (exact) mass is 214 g/mol. The molecule has 2 rings (SSSR count). The van der Waals surface area contributed by atoms with Crippen molar-refractivity contribution >= 4 is 22.1 Å². The van der Waals surface area contributed by atoms with Gasteiger partial charge in [-0.15, -0.1) is 0 Å². The number of nitrogens with two attached hydrogens (primary N) is 2. The largest absolute Gasteiger partial charge is 0.397 e. The number of hydrogen-bond donors (Lipinski definition) is 2. The van der Waals surface area contributed by atoms with Crippen LogP contribution in [0.25, 0.3) is 10.8 Å². The Hall–Kier alpha value is -1.70. The van der Waals surface area contributed by atoms with E-state index in [0.717, 1.165) is 29.6 Å². The minimum absolute atomic E-state index is 0.727. The fourth-order valence-corrected chi connectivity index (χ4v) is 2.42. The molecular weight excluding hydrogens is 196 g/mol. The van der Waals surface area contributed by atoms with Crippen LogP contribution in [0.15, 0.2) is 24.3 Å². The van der Waals surface area contributed by atoms with E-state index in [-0.39, 0.29) is 0 Å². The lowest BCUT2D eigenvalue weighted by Gasteiger charge is -2.16. The highest BCUT2D eigenvalue weighted by Crippen LogP contribution is 2.35. The predicted molar refractivity (Wildman–Crippen MR) is 71.5 cm³/mol. The first-order valence-corrected chi connectivity index (χ1v) is 5.78. The third-order valence-corrected chi connectivity index (χ3v) is 3.23. The Morgan fingerprint density at radius 2 is 1.38 bits per heavy atom. The molecule has 0 aliphatic carbocycles. The van der Waals surface area contributed by atoms with Crippen molar-refractivity contribution in [2.45, 2.75) is 26.7 Å². The summed E-state index contributed by atoms with van der Waals surface area (Å²) in [4.78, 5) is 0. The Balaban J connectivity index is 2.94. The van der Waals surface area contributed by atoms with Crippen LogP contribution in [0.3, 0.4) is 0 Å². The first-order valence-electron chi connectivity index (χ1n) is 5.78. The molecule has 0 aliphatic rings. The second-order valence-corrected chi connectivity index (χ2v) is 4.04. The van der Waals surface area contributed by atoms with E-state index in [9.17, 15) is 0 Å². The lowest BCUT2D eigenvalue weighted by Crippen LogP contribution is -2.04. The summed E-state index contributed by atoms with van der Waals surface area (Å²) in [6.45, 7) is 4.29.